The van der Waals surface area contributed by atoms with Gasteiger partial charge in [0.25, 0.3) is 0 Å². The van der Waals surface area contributed by atoms with E-state index in [2.05, 4.69) is 37.6 Å². The fourth-order valence-electron chi connectivity index (χ4n) is 6.60. The molecule has 0 N–H and O–H groups in total. The number of pyridine rings is 1. The number of nitriles is 1. The highest BCUT2D eigenvalue weighted by molar-refractivity contribution is 5.80. The smallest absolute Gasteiger partial charge is 0.410 e. The average Bonchev–Trinajstić information content (AvgIpc) is 3.90. The first-order chi connectivity index (χ1) is 19.3. The molecule has 11 nitrogen and oxygen atoms in total. The molecule has 2 aromatic rings. The van der Waals surface area contributed by atoms with Crippen molar-refractivity contribution in [2.75, 3.05) is 31.1 Å². The molecule has 0 aromatic carbocycles. The van der Waals surface area contributed by atoms with E-state index in [4.69, 9.17) is 4.74 Å². The summed E-state index contributed by atoms with van der Waals surface area (Å²) < 4.78 is 7.90. The number of piperidine rings is 1. The minimum absolute atomic E-state index is 0.0640. The van der Waals surface area contributed by atoms with Crippen LogP contribution in [0.4, 0.5) is 10.5 Å². The Hall–Kier alpha value is -3.68. The molecule has 40 heavy (non-hydrogen) atoms. The van der Waals surface area contributed by atoms with Crippen LogP contribution >= 0.6 is 0 Å². The van der Waals surface area contributed by atoms with Gasteiger partial charge >= 0.3 is 6.09 Å². The zero-order valence-electron chi connectivity index (χ0n) is 23.3. The van der Waals surface area contributed by atoms with Crippen LogP contribution in [0.5, 0.6) is 0 Å². The Morgan fingerprint density at radius 2 is 1.90 bits per heavy atom. The van der Waals surface area contributed by atoms with Crippen molar-refractivity contribution in [1.82, 2.24) is 29.5 Å². The second-order valence-corrected chi connectivity index (χ2v) is 12.5. The SMILES string of the molecule is CC1CN(c2c(C#N)cnc3c2CCN(C(=O)OC2(C)CC2)C3)CCC1C(=O)N1CCn2c(nnc2C2CC2)C1. The second-order valence-electron chi connectivity index (χ2n) is 12.5. The number of carbonyl (C=O) groups is 2. The Morgan fingerprint density at radius 3 is 2.62 bits per heavy atom. The van der Waals surface area contributed by atoms with E-state index >= 15 is 0 Å². The fraction of sp³-hybridized carbons (Fsp3) is 0.655. The van der Waals surface area contributed by atoms with Crippen LogP contribution in [0.15, 0.2) is 6.20 Å². The Labute approximate surface area is 234 Å². The summed E-state index contributed by atoms with van der Waals surface area (Å²) in [7, 11) is 0. The van der Waals surface area contributed by atoms with E-state index in [0.717, 1.165) is 54.4 Å². The van der Waals surface area contributed by atoms with Crippen LogP contribution in [0.1, 0.15) is 80.3 Å². The van der Waals surface area contributed by atoms with Gasteiger partial charge in [0.15, 0.2) is 5.82 Å². The van der Waals surface area contributed by atoms with E-state index in [-0.39, 0.29) is 29.4 Å². The molecule has 3 fully saturated rings. The summed E-state index contributed by atoms with van der Waals surface area (Å²) in [5, 5.41) is 18.8. The summed E-state index contributed by atoms with van der Waals surface area (Å²) in [6.45, 7) is 8.43. The van der Waals surface area contributed by atoms with Crippen molar-refractivity contribution < 1.29 is 14.3 Å². The molecule has 11 heteroatoms. The average molecular weight is 545 g/mol. The number of aromatic nitrogens is 4. The van der Waals surface area contributed by atoms with Crippen LogP contribution in [-0.4, -0.2) is 73.3 Å². The Balaban J connectivity index is 1.04. The van der Waals surface area contributed by atoms with Crippen LogP contribution in [0.25, 0.3) is 0 Å². The largest absolute Gasteiger partial charge is 0.443 e. The Kier molecular flexibility index (Phi) is 5.98. The van der Waals surface area contributed by atoms with Gasteiger partial charge in [-0.2, -0.15) is 5.26 Å². The van der Waals surface area contributed by atoms with Crippen molar-refractivity contribution in [3.05, 3.63) is 34.7 Å². The molecule has 5 heterocycles. The lowest BCUT2D eigenvalue weighted by Gasteiger charge is -2.41. The van der Waals surface area contributed by atoms with Crippen LogP contribution in [0.3, 0.4) is 0 Å². The van der Waals surface area contributed by atoms with E-state index in [1.165, 1.54) is 12.8 Å². The molecule has 3 aliphatic heterocycles. The molecule has 2 unspecified atom stereocenters. The Morgan fingerprint density at radius 1 is 1.07 bits per heavy atom. The number of hydrogen-bond acceptors (Lipinski definition) is 8. The maximum Gasteiger partial charge on any atom is 0.410 e. The maximum absolute atomic E-state index is 13.7. The van der Waals surface area contributed by atoms with Crippen LogP contribution in [-0.2, 0) is 35.6 Å². The Bertz CT molecular complexity index is 1400. The molecule has 210 valence electrons. The molecule has 7 rings (SSSR count). The van der Waals surface area contributed by atoms with E-state index in [9.17, 15) is 14.9 Å². The quantitative estimate of drug-likeness (QED) is 0.576. The highest BCUT2D eigenvalue weighted by Crippen LogP contribution is 2.41. The zero-order valence-corrected chi connectivity index (χ0v) is 23.3. The number of ether oxygens (including phenoxy) is 1. The number of nitrogens with zero attached hydrogens (tertiary/aromatic N) is 8. The lowest BCUT2D eigenvalue weighted by atomic mass is 9.84. The van der Waals surface area contributed by atoms with Gasteiger partial charge in [-0.25, -0.2) is 4.79 Å². The fourth-order valence-corrected chi connectivity index (χ4v) is 6.60. The summed E-state index contributed by atoms with van der Waals surface area (Å²) in [6.07, 6.45) is 6.91. The normalized spacial score (nSPS) is 25.1. The topological polar surface area (TPSA) is 120 Å². The molecular weight excluding hydrogens is 508 g/mol. The van der Waals surface area contributed by atoms with Gasteiger partial charge in [-0.15, -0.1) is 10.2 Å². The van der Waals surface area contributed by atoms with Gasteiger partial charge in [0.1, 0.15) is 17.5 Å². The predicted octanol–water partition coefficient (Wildman–Crippen LogP) is 2.97. The van der Waals surface area contributed by atoms with Crippen molar-refractivity contribution >= 4 is 17.7 Å². The number of carbonyl (C=O) groups excluding carboxylic acids is 2. The van der Waals surface area contributed by atoms with Gasteiger partial charge < -0.3 is 24.0 Å². The third-order valence-electron chi connectivity index (χ3n) is 9.45. The zero-order chi connectivity index (χ0) is 27.6. The summed E-state index contributed by atoms with van der Waals surface area (Å²) in [4.78, 5) is 36.9. The molecule has 2 aliphatic carbocycles. The lowest BCUT2D eigenvalue weighted by molar-refractivity contribution is -0.139. The summed E-state index contributed by atoms with van der Waals surface area (Å²) in [5.74, 6) is 2.81. The molecule has 2 aromatic heterocycles. The summed E-state index contributed by atoms with van der Waals surface area (Å²) in [6, 6.07) is 2.34. The van der Waals surface area contributed by atoms with Crippen LogP contribution in [0, 0.1) is 23.2 Å². The first kappa shape index (κ1) is 25.3. The monoisotopic (exact) mass is 544 g/mol. The summed E-state index contributed by atoms with van der Waals surface area (Å²) >= 11 is 0. The lowest BCUT2D eigenvalue weighted by Crippen LogP contribution is -2.49. The predicted molar refractivity (Wildman–Crippen MR) is 144 cm³/mol. The number of fused-ring (bicyclic) bond motifs is 2. The van der Waals surface area contributed by atoms with Crippen molar-refractivity contribution in [3.63, 3.8) is 0 Å². The first-order valence-electron chi connectivity index (χ1n) is 14.7. The minimum atomic E-state index is -0.315. The molecule has 1 saturated heterocycles. The molecule has 5 aliphatic rings. The molecule has 2 saturated carbocycles. The van der Waals surface area contributed by atoms with Gasteiger partial charge in [-0.1, -0.05) is 6.92 Å². The highest BCUT2D eigenvalue weighted by Gasteiger charge is 2.43. The van der Waals surface area contributed by atoms with Gasteiger partial charge in [0, 0.05) is 56.3 Å². The second kappa shape index (κ2) is 9.46. The molecule has 0 bridgehead atoms. The van der Waals surface area contributed by atoms with Crippen LogP contribution < -0.4 is 4.90 Å². The molecular formula is C29H36N8O3. The standard InChI is InChI=1S/C29H36N8O3/c1-18-15-34(9-5-21(18)27(38)35-11-12-37-24(17-35)32-33-26(37)19-3-4-19)25-20(13-30)14-31-23-16-36(10-6-22(23)25)28(39)40-29(2)7-8-29/h14,18-19,21H,3-12,15-17H2,1-2H3. The van der Waals surface area contributed by atoms with Crippen molar-refractivity contribution in [2.45, 2.75) is 83.5 Å². The van der Waals surface area contributed by atoms with E-state index in [1.807, 2.05) is 11.8 Å². The van der Waals surface area contributed by atoms with Crippen molar-refractivity contribution in [3.8, 4) is 6.07 Å². The van der Waals surface area contributed by atoms with E-state index in [0.29, 0.717) is 57.2 Å². The molecule has 0 radical (unpaired) electrons. The highest BCUT2D eigenvalue weighted by atomic mass is 16.6. The third kappa shape index (κ3) is 4.47. The van der Waals surface area contributed by atoms with Crippen molar-refractivity contribution in [1.29, 1.82) is 5.26 Å². The van der Waals surface area contributed by atoms with Gasteiger partial charge in [0.05, 0.1) is 30.0 Å². The maximum atomic E-state index is 13.7. The number of hydrogen-bond donors (Lipinski definition) is 0. The number of amides is 2. The number of rotatable bonds is 4. The van der Waals surface area contributed by atoms with Crippen molar-refractivity contribution in [2.24, 2.45) is 11.8 Å². The van der Waals surface area contributed by atoms with Crippen LogP contribution in [0.2, 0.25) is 0 Å². The molecule has 2 amide bonds. The molecule has 0 spiro atoms. The van der Waals surface area contributed by atoms with Gasteiger partial charge in [-0.3, -0.25) is 9.78 Å². The first-order valence-corrected chi connectivity index (χ1v) is 14.7. The third-order valence-corrected chi connectivity index (χ3v) is 9.45. The minimum Gasteiger partial charge on any atom is -0.443 e. The van der Waals surface area contributed by atoms with E-state index < -0.39 is 0 Å². The van der Waals surface area contributed by atoms with Gasteiger partial charge in [-0.05, 0) is 51.4 Å². The number of anilines is 1. The van der Waals surface area contributed by atoms with Gasteiger partial charge in [0.2, 0.25) is 5.91 Å². The molecule has 2 atom stereocenters. The summed E-state index contributed by atoms with van der Waals surface area (Å²) in [5.41, 5.74) is 3.03. The van der Waals surface area contributed by atoms with E-state index in [1.54, 1.807) is 11.1 Å².